The highest BCUT2D eigenvalue weighted by Gasteiger charge is 2.15. The van der Waals surface area contributed by atoms with Gasteiger partial charge < -0.3 is 9.80 Å². The number of fused-ring (bicyclic) bond motifs is 1. The van der Waals surface area contributed by atoms with Crippen LogP contribution in [-0.2, 0) is 0 Å². The maximum absolute atomic E-state index is 4.52. The van der Waals surface area contributed by atoms with Gasteiger partial charge in [0.15, 0.2) is 0 Å². The second kappa shape index (κ2) is 5.16. The molecule has 3 aromatic rings. The van der Waals surface area contributed by atoms with E-state index in [4.69, 9.17) is 0 Å². The molecule has 5 heteroatoms. The van der Waals surface area contributed by atoms with Gasteiger partial charge in [-0.05, 0) is 36.7 Å². The standard InChI is InChI=1S/C16H18N4S/c1-18-6-8-19(9-7-18)14-3-2-4-15(11-14)20-16-13(12-17-20)5-10-21-16/h2-5,10-12H,6-9H2,1H3. The SMILES string of the molecule is CN1CCN(c2cccc(-n3ncc4ccsc43)c2)CC1. The monoisotopic (exact) mass is 298 g/mol. The Labute approximate surface area is 128 Å². The number of likely N-dealkylation sites (N-methyl/N-ethyl adjacent to an activating group) is 1. The summed E-state index contributed by atoms with van der Waals surface area (Å²) in [5.74, 6) is 0. The highest BCUT2D eigenvalue weighted by Crippen LogP contribution is 2.26. The van der Waals surface area contributed by atoms with Gasteiger partial charge in [-0.25, -0.2) is 4.68 Å². The molecular formula is C16H18N4S. The lowest BCUT2D eigenvalue weighted by atomic mass is 10.2. The molecule has 4 nitrogen and oxygen atoms in total. The van der Waals surface area contributed by atoms with Crippen LogP contribution >= 0.6 is 11.3 Å². The Hall–Kier alpha value is -1.85. The van der Waals surface area contributed by atoms with E-state index >= 15 is 0 Å². The molecule has 0 radical (unpaired) electrons. The van der Waals surface area contributed by atoms with E-state index in [0.29, 0.717) is 0 Å². The van der Waals surface area contributed by atoms with Crippen molar-refractivity contribution in [2.24, 2.45) is 0 Å². The fourth-order valence-electron chi connectivity index (χ4n) is 2.82. The number of piperazine rings is 1. The van der Waals surface area contributed by atoms with E-state index in [1.54, 1.807) is 11.3 Å². The Morgan fingerprint density at radius 1 is 1.05 bits per heavy atom. The van der Waals surface area contributed by atoms with Crippen molar-refractivity contribution in [2.75, 3.05) is 38.1 Å². The van der Waals surface area contributed by atoms with Crippen LogP contribution in [0.3, 0.4) is 0 Å². The molecule has 108 valence electrons. The third kappa shape index (κ3) is 2.32. The Balaban J connectivity index is 1.68. The Morgan fingerprint density at radius 3 is 2.71 bits per heavy atom. The number of benzene rings is 1. The topological polar surface area (TPSA) is 24.3 Å². The predicted octanol–water partition coefficient (Wildman–Crippen LogP) is 2.84. The molecule has 0 aliphatic carbocycles. The summed E-state index contributed by atoms with van der Waals surface area (Å²) in [5, 5.41) is 7.86. The summed E-state index contributed by atoms with van der Waals surface area (Å²) in [6.07, 6.45) is 1.94. The molecule has 0 bridgehead atoms. The number of rotatable bonds is 2. The summed E-state index contributed by atoms with van der Waals surface area (Å²) >= 11 is 1.74. The largest absolute Gasteiger partial charge is 0.369 e. The van der Waals surface area contributed by atoms with Gasteiger partial charge in [0.2, 0.25) is 0 Å². The third-order valence-corrected chi connectivity index (χ3v) is 5.03. The molecule has 0 spiro atoms. The number of thiophene rings is 1. The van der Waals surface area contributed by atoms with E-state index < -0.39 is 0 Å². The second-order valence-electron chi connectivity index (χ2n) is 5.55. The molecule has 4 rings (SSSR count). The van der Waals surface area contributed by atoms with Gasteiger partial charge >= 0.3 is 0 Å². The molecular weight excluding hydrogens is 280 g/mol. The van der Waals surface area contributed by atoms with Crippen molar-refractivity contribution in [3.05, 3.63) is 41.9 Å². The quantitative estimate of drug-likeness (QED) is 0.727. The molecule has 1 fully saturated rings. The van der Waals surface area contributed by atoms with Crippen LogP contribution in [0.15, 0.2) is 41.9 Å². The molecule has 1 aromatic carbocycles. The van der Waals surface area contributed by atoms with Gasteiger partial charge in [-0.15, -0.1) is 11.3 Å². The minimum absolute atomic E-state index is 1.09. The summed E-state index contributed by atoms with van der Waals surface area (Å²) in [7, 11) is 2.19. The number of aromatic nitrogens is 2. The lowest BCUT2D eigenvalue weighted by molar-refractivity contribution is 0.313. The van der Waals surface area contributed by atoms with Gasteiger partial charge in [-0.3, -0.25) is 0 Å². The molecule has 0 saturated carbocycles. The van der Waals surface area contributed by atoms with Gasteiger partial charge in [-0.2, -0.15) is 5.10 Å². The highest BCUT2D eigenvalue weighted by atomic mass is 32.1. The zero-order valence-electron chi connectivity index (χ0n) is 12.1. The molecule has 3 heterocycles. The summed E-state index contributed by atoms with van der Waals surface area (Å²) in [5.41, 5.74) is 2.43. The third-order valence-electron chi connectivity index (χ3n) is 4.12. The first-order valence-electron chi connectivity index (χ1n) is 7.26. The number of hydrogen-bond acceptors (Lipinski definition) is 4. The van der Waals surface area contributed by atoms with Crippen LogP contribution in [0.2, 0.25) is 0 Å². The van der Waals surface area contributed by atoms with E-state index in [1.165, 1.54) is 15.9 Å². The molecule has 1 aliphatic rings. The van der Waals surface area contributed by atoms with Crippen LogP contribution in [0.4, 0.5) is 5.69 Å². The molecule has 0 unspecified atom stereocenters. The minimum atomic E-state index is 1.09. The van der Waals surface area contributed by atoms with Crippen LogP contribution in [0.25, 0.3) is 15.9 Å². The van der Waals surface area contributed by atoms with Crippen molar-refractivity contribution in [1.29, 1.82) is 0 Å². The van der Waals surface area contributed by atoms with Crippen LogP contribution in [-0.4, -0.2) is 47.9 Å². The number of anilines is 1. The second-order valence-corrected chi connectivity index (χ2v) is 6.44. The zero-order valence-corrected chi connectivity index (χ0v) is 12.9. The van der Waals surface area contributed by atoms with E-state index in [2.05, 4.69) is 57.7 Å². The lowest BCUT2D eigenvalue weighted by Crippen LogP contribution is -2.44. The first kappa shape index (κ1) is 12.9. The van der Waals surface area contributed by atoms with Gasteiger partial charge in [-0.1, -0.05) is 6.07 Å². The fraction of sp³-hybridized carbons (Fsp3) is 0.312. The van der Waals surface area contributed by atoms with E-state index in [1.807, 2.05) is 10.9 Å². The molecule has 0 atom stereocenters. The molecule has 0 amide bonds. The minimum Gasteiger partial charge on any atom is -0.369 e. The molecule has 0 N–H and O–H groups in total. The van der Waals surface area contributed by atoms with Crippen LogP contribution in [0, 0.1) is 0 Å². The lowest BCUT2D eigenvalue weighted by Gasteiger charge is -2.34. The van der Waals surface area contributed by atoms with Crippen molar-refractivity contribution in [1.82, 2.24) is 14.7 Å². The molecule has 1 saturated heterocycles. The maximum Gasteiger partial charge on any atom is 0.127 e. The van der Waals surface area contributed by atoms with Crippen LogP contribution < -0.4 is 4.90 Å². The van der Waals surface area contributed by atoms with Gasteiger partial charge in [0, 0.05) is 37.3 Å². The van der Waals surface area contributed by atoms with Crippen molar-refractivity contribution >= 4 is 27.2 Å². The van der Waals surface area contributed by atoms with Gasteiger partial charge in [0.25, 0.3) is 0 Å². The summed E-state index contributed by atoms with van der Waals surface area (Å²) in [6.45, 7) is 4.43. The predicted molar refractivity (Wildman–Crippen MR) is 88.7 cm³/mol. The highest BCUT2D eigenvalue weighted by molar-refractivity contribution is 7.16. The average Bonchev–Trinajstić information content (AvgIpc) is 3.11. The summed E-state index contributed by atoms with van der Waals surface area (Å²) in [6, 6.07) is 10.8. The van der Waals surface area contributed by atoms with E-state index in [0.717, 1.165) is 31.9 Å². The van der Waals surface area contributed by atoms with Crippen molar-refractivity contribution in [2.45, 2.75) is 0 Å². The van der Waals surface area contributed by atoms with E-state index in [-0.39, 0.29) is 0 Å². The van der Waals surface area contributed by atoms with Crippen molar-refractivity contribution in [3.8, 4) is 5.69 Å². The average molecular weight is 298 g/mol. The smallest absolute Gasteiger partial charge is 0.127 e. The molecule has 1 aliphatic heterocycles. The van der Waals surface area contributed by atoms with Crippen molar-refractivity contribution < 1.29 is 0 Å². The maximum atomic E-state index is 4.52. The van der Waals surface area contributed by atoms with Gasteiger partial charge in [0.05, 0.1) is 11.9 Å². The first-order chi connectivity index (χ1) is 10.3. The number of nitrogens with zero attached hydrogens (tertiary/aromatic N) is 4. The summed E-state index contributed by atoms with van der Waals surface area (Å²) in [4.78, 5) is 6.05. The van der Waals surface area contributed by atoms with Crippen LogP contribution in [0.5, 0.6) is 0 Å². The Kier molecular flexibility index (Phi) is 3.16. The normalized spacial score (nSPS) is 16.7. The van der Waals surface area contributed by atoms with Crippen LogP contribution in [0.1, 0.15) is 0 Å². The Bertz CT molecular complexity index is 752. The van der Waals surface area contributed by atoms with Gasteiger partial charge in [0.1, 0.15) is 4.83 Å². The van der Waals surface area contributed by atoms with Crippen molar-refractivity contribution in [3.63, 3.8) is 0 Å². The fourth-order valence-corrected chi connectivity index (χ4v) is 3.68. The zero-order chi connectivity index (χ0) is 14.2. The molecule has 2 aromatic heterocycles. The molecule has 21 heavy (non-hydrogen) atoms. The number of hydrogen-bond donors (Lipinski definition) is 0. The summed E-state index contributed by atoms with van der Waals surface area (Å²) < 4.78 is 2.04. The first-order valence-corrected chi connectivity index (χ1v) is 8.14. The van der Waals surface area contributed by atoms with E-state index in [9.17, 15) is 0 Å². The Morgan fingerprint density at radius 2 is 1.86 bits per heavy atom.